The molecule has 0 aromatic heterocycles. The Hall–Kier alpha value is -0.850. The molecule has 6 nitrogen and oxygen atoms in total. The molecule has 0 spiro atoms. The van der Waals surface area contributed by atoms with Gasteiger partial charge in [-0.1, -0.05) is 0 Å². The minimum Gasteiger partial charge on any atom is -0.393 e. The number of urea groups is 1. The van der Waals surface area contributed by atoms with E-state index in [0.29, 0.717) is 6.54 Å². The van der Waals surface area contributed by atoms with Crippen LogP contribution >= 0.6 is 0 Å². The number of rotatable bonds is 5. The molecule has 0 saturated heterocycles. The largest absolute Gasteiger partial charge is 0.393 e. The van der Waals surface area contributed by atoms with Crippen LogP contribution in [0.1, 0.15) is 25.7 Å². The normalized spacial score (nSPS) is 23.5. The predicted octanol–water partition coefficient (Wildman–Crippen LogP) is 0.892. The van der Waals surface area contributed by atoms with E-state index in [1.54, 1.807) is 31.1 Å². The van der Waals surface area contributed by atoms with Crippen LogP contribution in [0.3, 0.4) is 0 Å². The Labute approximate surface area is 115 Å². The highest BCUT2D eigenvalue weighted by Gasteiger charge is 2.27. The molecule has 1 rings (SSSR count). The summed E-state index contributed by atoms with van der Waals surface area (Å²) >= 11 is 0. The van der Waals surface area contributed by atoms with E-state index in [1.807, 2.05) is 7.05 Å². The zero-order chi connectivity index (χ0) is 14.4. The molecule has 0 aliphatic heterocycles. The van der Waals surface area contributed by atoms with Gasteiger partial charge in [-0.25, -0.2) is 4.79 Å². The maximum absolute atomic E-state index is 12.3. The summed E-state index contributed by atoms with van der Waals surface area (Å²) in [5.74, 6) is 0. The quantitative estimate of drug-likeness (QED) is 0.756. The lowest BCUT2D eigenvalue weighted by atomic mass is 9.92. The summed E-state index contributed by atoms with van der Waals surface area (Å²) in [6.07, 6.45) is 2.64. The van der Waals surface area contributed by atoms with Gasteiger partial charge in [0.25, 0.3) is 0 Å². The van der Waals surface area contributed by atoms with E-state index in [0.717, 1.165) is 25.7 Å². The number of aliphatic hydroxyl groups excluding tert-OH is 1. The summed E-state index contributed by atoms with van der Waals surface area (Å²) < 4.78 is 10.2. The molecule has 1 aliphatic carbocycles. The van der Waals surface area contributed by atoms with E-state index in [2.05, 4.69) is 0 Å². The molecule has 2 amide bonds. The number of amides is 2. The summed E-state index contributed by atoms with van der Waals surface area (Å²) in [5, 5.41) is 9.49. The fourth-order valence-electron chi connectivity index (χ4n) is 2.42. The molecule has 0 atom stereocenters. The van der Waals surface area contributed by atoms with Gasteiger partial charge in [-0.2, -0.15) is 0 Å². The maximum atomic E-state index is 12.3. The number of ether oxygens (including phenoxy) is 2. The maximum Gasteiger partial charge on any atom is 0.319 e. The lowest BCUT2D eigenvalue weighted by Crippen LogP contribution is -2.48. The zero-order valence-electron chi connectivity index (χ0n) is 12.3. The first kappa shape index (κ1) is 16.2. The van der Waals surface area contributed by atoms with E-state index in [9.17, 15) is 9.90 Å². The molecule has 1 saturated carbocycles. The van der Waals surface area contributed by atoms with Crippen LogP contribution in [-0.4, -0.2) is 74.2 Å². The topological polar surface area (TPSA) is 62.2 Å². The molecule has 0 heterocycles. The van der Waals surface area contributed by atoms with Gasteiger partial charge in [0.2, 0.25) is 0 Å². The van der Waals surface area contributed by atoms with Gasteiger partial charge >= 0.3 is 6.03 Å². The molecular formula is C13H26N2O4. The first-order valence-electron chi connectivity index (χ1n) is 6.71. The van der Waals surface area contributed by atoms with Crippen molar-refractivity contribution in [2.24, 2.45) is 0 Å². The Kier molecular flexibility index (Phi) is 6.54. The van der Waals surface area contributed by atoms with Gasteiger partial charge in [0, 0.05) is 34.4 Å². The summed E-state index contributed by atoms with van der Waals surface area (Å²) in [6, 6.07) is 0.169. The van der Waals surface area contributed by atoms with Crippen LogP contribution in [-0.2, 0) is 9.47 Å². The molecule has 1 N–H and O–H groups in total. The summed E-state index contributed by atoms with van der Waals surface area (Å²) in [7, 11) is 6.66. The van der Waals surface area contributed by atoms with Gasteiger partial charge in [-0.05, 0) is 25.7 Å². The van der Waals surface area contributed by atoms with Crippen molar-refractivity contribution in [1.82, 2.24) is 9.80 Å². The average Bonchev–Trinajstić information content (AvgIpc) is 2.43. The van der Waals surface area contributed by atoms with Gasteiger partial charge in [-0.15, -0.1) is 0 Å². The number of nitrogens with zero attached hydrogens (tertiary/aromatic N) is 2. The number of methoxy groups -OCH3 is 2. The number of hydrogen-bond acceptors (Lipinski definition) is 4. The van der Waals surface area contributed by atoms with Crippen LogP contribution in [0.4, 0.5) is 4.79 Å². The minimum absolute atomic E-state index is 0.0412. The SMILES string of the molecule is COC(CN(C)C(=O)N(C)[C@H]1CC[C@@H](O)CC1)OC. The number of carbonyl (C=O) groups excluding carboxylic acids is 1. The first-order valence-corrected chi connectivity index (χ1v) is 6.71. The highest BCUT2D eigenvalue weighted by Crippen LogP contribution is 2.22. The van der Waals surface area contributed by atoms with Crippen LogP contribution in [0.2, 0.25) is 0 Å². The van der Waals surface area contributed by atoms with E-state index < -0.39 is 6.29 Å². The summed E-state index contributed by atoms with van der Waals surface area (Å²) in [4.78, 5) is 15.6. The fraction of sp³-hybridized carbons (Fsp3) is 0.923. The monoisotopic (exact) mass is 274 g/mol. The van der Waals surface area contributed by atoms with Crippen molar-refractivity contribution in [2.75, 3.05) is 34.9 Å². The Morgan fingerprint density at radius 1 is 1.21 bits per heavy atom. The van der Waals surface area contributed by atoms with Crippen LogP contribution in [0.15, 0.2) is 0 Å². The van der Waals surface area contributed by atoms with Crippen molar-refractivity contribution in [1.29, 1.82) is 0 Å². The molecule has 0 radical (unpaired) electrons. The van der Waals surface area contributed by atoms with Crippen molar-refractivity contribution < 1.29 is 19.4 Å². The zero-order valence-corrected chi connectivity index (χ0v) is 12.3. The third kappa shape index (κ3) is 4.63. The van der Waals surface area contributed by atoms with Crippen LogP contribution in [0, 0.1) is 0 Å². The third-order valence-electron chi connectivity index (χ3n) is 3.79. The first-order chi connectivity index (χ1) is 8.99. The highest BCUT2D eigenvalue weighted by molar-refractivity contribution is 5.74. The second-order valence-corrected chi connectivity index (χ2v) is 5.14. The predicted molar refractivity (Wildman–Crippen MR) is 71.9 cm³/mol. The van der Waals surface area contributed by atoms with Gasteiger partial charge in [-0.3, -0.25) is 0 Å². The molecule has 1 aliphatic rings. The molecule has 0 unspecified atom stereocenters. The Balaban J connectivity index is 2.46. The summed E-state index contributed by atoms with van der Waals surface area (Å²) in [6.45, 7) is 0.394. The lowest BCUT2D eigenvalue weighted by molar-refractivity contribution is -0.110. The van der Waals surface area contributed by atoms with Crippen LogP contribution in [0.25, 0.3) is 0 Å². The molecule has 0 aromatic carbocycles. The van der Waals surface area contributed by atoms with Gasteiger partial charge < -0.3 is 24.4 Å². The lowest BCUT2D eigenvalue weighted by Gasteiger charge is -2.35. The van der Waals surface area contributed by atoms with Gasteiger partial charge in [0.05, 0.1) is 12.6 Å². The van der Waals surface area contributed by atoms with E-state index >= 15 is 0 Å². The average molecular weight is 274 g/mol. The third-order valence-corrected chi connectivity index (χ3v) is 3.79. The molecule has 0 aromatic rings. The number of likely N-dealkylation sites (N-methyl/N-ethyl adjacent to an activating group) is 1. The second-order valence-electron chi connectivity index (χ2n) is 5.14. The Morgan fingerprint density at radius 2 is 1.74 bits per heavy atom. The number of hydrogen-bond donors (Lipinski definition) is 1. The molecule has 6 heteroatoms. The van der Waals surface area contributed by atoms with Crippen molar-refractivity contribution in [3.63, 3.8) is 0 Å². The highest BCUT2D eigenvalue weighted by atomic mass is 16.7. The Morgan fingerprint density at radius 3 is 2.21 bits per heavy atom. The van der Waals surface area contributed by atoms with Crippen molar-refractivity contribution in [3.05, 3.63) is 0 Å². The molecule has 1 fully saturated rings. The van der Waals surface area contributed by atoms with Crippen LogP contribution < -0.4 is 0 Å². The smallest absolute Gasteiger partial charge is 0.319 e. The molecule has 112 valence electrons. The number of carbonyl (C=O) groups is 1. The van der Waals surface area contributed by atoms with Crippen molar-refractivity contribution >= 4 is 6.03 Å². The van der Waals surface area contributed by atoms with Gasteiger partial charge in [0.1, 0.15) is 0 Å². The Bertz CT molecular complexity index is 276. The van der Waals surface area contributed by atoms with E-state index in [4.69, 9.17) is 9.47 Å². The van der Waals surface area contributed by atoms with E-state index in [1.165, 1.54) is 0 Å². The van der Waals surface area contributed by atoms with Crippen molar-refractivity contribution in [2.45, 2.75) is 44.1 Å². The van der Waals surface area contributed by atoms with Crippen LogP contribution in [0.5, 0.6) is 0 Å². The molecule has 19 heavy (non-hydrogen) atoms. The number of aliphatic hydroxyl groups is 1. The van der Waals surface area contributed by atoms with E-state index in [-0.39, 0.29) is 18.2 Å². The second kappa shape index (κ2) is 7.67. The molecule has 0 bridgehead atoms. The minimum atomic E-state index is -0.407. The van der Waals surface area contributed by atoms with Gasteiger partial charge in [0.15, 0.2) is 6.29 Å². The standard InChI is InChI=1S/C13H26N2O4/c1-14(9-12(18-3)19-4)13(17)15(2)10-5-7-11(16)8-6-10/h10-12,16H,5-9H2,1-4H3/t10-,11+. The molecular weight excluding hydrogens is 248 g/mol. The van der Waals surface area contributed by atoms with Crippen molar-refractivity contribution in [3.8, 4) is 0 Å². The summed E-state index contributed by atoms with van der Waals surface area (Å²) in [5.41, 5.74) is 0. The fourth-order valence-corrected chi connectivity index (χ4v) is 2.42.